The Morgan fingerprint density at radius 3 is 2.31 bits per heavy atom. The summed E-state index contributed by atoms with van der Waals surface area (Å²) in [4.78, 5) is 12.3. The Morgan fingerprint density at radius 2 is 1.63 bits per heavy atom. The van der Waals surface area contributed by atoms with E-state index in [0.29, 0.717) is 23.7 Å². The average molecular weight is 499 g/mol. The van der Waals surface area contributed by atoms with Gasteiger partial charge in [0.05, 0.1) is 19.1 Å². The second-order valence-electron chi connectivity index (χ2n) is 7.66. The molecule has 0 aliphatic carbocycles. The third-order valence-corrected chi connectivity index (χ3v) is 6.81. The Morgan fingerprint density at radius 1 is 0.914 bits per heavy atom. The van der Waals surface area contributed by atoms with Gasteiger partial charge in [-0.25, -0.2) is 13.1 Å². The van der Waals surface area contributed by atoms with Crippen molar-refractivity contribution >= 4 is 21.6 Å². The number of ether oxygens (including phenoxy) is 3. The van der Waals surface area contributed by atoms with Crippen molar-refractivity contribution in [2.45, 2.75) is 24.7 Å². The average Bonchev–Trinajstić information content (AvgIpc) is 2.87. The predicted octanol–water partition coefficient (Wildman–Crippen LogP) is 3.80. The molecule has 0 fully saturated rings. The topological polar surface area (TPSA) is 103 Å². The molecule has 186 valence electrons. The van der Waals surface area contributed by atoms with Crippen LogP contribution in [-0.2, 0) is 27.7 Å². The van der Waals surface area contributed by atoms with Gasteiger partial charge in [-0.05, 0) is 66.4 Å². The van der Waals surface area contributed by atoms with Gasteiger partial charge >= 0.3 is 0 Å². The fraction of sp³-hybridized carbons (Fsp3) is 0.269. The molecule has 35 heavy (non-hydrogen) atoms. The molecule has 0 heterocycles. The van der Waals surface area contributed by atoms with Gasteiger partial charge in [-0.3, -0.25) is 4.79 Å². The zero-order valence-electron chi connectivity index (χ0n) is 20.0. The summed E-state index contributed by atoms with van der Waals surface area (Å²) in [6, 6.07) is 19.0. The minimum atomic E-state index is -3.70. The highest BCUT2D eigenvalue weighted by Gasteiger charge is 2.14. The number of hydrogen-bond donors (Lipinski definition) is 2. The molecule has 8 nitrogen and oxygen atoms in total. The Bertz CT molecular complexity index is 1240. The number of methoxy groups -OCH3 is 2. The maximum Gasteiger partial charge on any atom is 0.262 e. The summed E-state index contributed by atoms with van der Waals surface area (Å²) in [5, 5.41) is 2.83. The quantitative estimate of drug-likeness (QED) is 0.394. The van der Waals surface area contributed by atoms with E-state index in [4.69, 9.17) is 14.2 Å². The van der Waals surface area contributed by atoms with Gasteiger partial charge in [-0.15, -0.1) is 0 Å². The molecule has 0 saturated carbocycles. The number of nitrogens with one attached hydrogen (secondary N) is 2. The summed E-state index contributed by atoms with van der Waals surface area (Å²) in [6.45, 7) is 2.05. The highest BCUT2D eigenvalue weighted by Crippen LogP contribution is 2.27. The molecule has 3 aromatic rings. The van der Waals surface area contributed by atoms with Gasteiger partial charge < -0.3 is 19.5 Å². The van der Waals surface area contributed by atoms with Crippen LogP contribution in [0.3, 0.4) is 0 Å². The van der Waals surface area contributed by atoms with Crippen LogP contribution in [-0.4, -0.2) is 41.7 Å². The number of benzene rings is 3. The molecule has 0 atom stereocenters. The number of carbonyl (C=O) groups is 1. The van der Waals surface area contributed by atoms with E-state index in [0.717, 1.165) is 23.2 Å². The Hall–Kier alpha value is -3.56. The van der Waals surface area contributed by atoms with Gasteiger partial charge in [0.15, 0.2) is 18.1 Å². The lowest BCUT2D eigenvalue weighted by Gasteiger charge is -2.12. The largest absolute Gasteiger partial charge is 0.493 e. The molecule has 3 rings (SSSR count). The summed E-state index contributed by atoms with van der Waals surface area (Å²) < 4.78 is 43.9. The molecular weight excluding hydrogens is 468 g/mol. The lowest BCUT2D eigenvalue weighted by molar-refractivity contribution is -0.118. The molecule has 0 bridgehead atoms. The number of anilines is 1. The molecule has 0 aliphatic rings. The number of sulfonamides is 1. The lowest BCUT2D eigenvalue weighted by atomic mass is 10.1. The molecule has 3 aromatic carbocycles. The Labute approximate surface area is 206 Å². The summed E-state index contributed by atoms with van der Waals surface area (Å²) >= 11 is 0. The zero-order valence-corrected chi connectivity index (χ0v) is 20.9. The molecule has 2 N–H and O–H groups in total. The molecule has 0 aromatic heterocycles. The van der Waals surface area contributed by atoms with Crippen LogP contribution in [0.5, 0.6) is 17.2 Å². The number of para-hydroxylation sites is 1. The van der Waals surface area contributed by atoms with Crippen LogP contribution in [0.1, 0.15) is 18.1 Å². The third-order valence-electron chi connectivity index (χ3n) is 5.33. The molecule has 1 amide bonds. The Balaban J connectivity index is 1.51. The van der Waals surface area contributed by atoms with Crippen molar-refractivity contribution in [3.05, 3.63) is 77.9 Å². The van der Waals surface area contributed by atoms with E-state index in [1.54, 1.807) is 20.3 Å². The zero-order chi connectivity index (χ0) is 25.3. The van der Waals surface area contributed by atoms with Crippen LogP contribution < -0.4 is 24.2 Å². The van der Waals surface area contributed by atoms with E-state index < -0.39 is 10.0 Å². The van der Waals surface area contributed by atoms with E-state index in [9.17, 15) is 13.2 Å². The number of amides is 1. The summed E-state index contributed by atoms with van der Waals surface area (Å²) in [5.74, 6) is 1.31. The minimum Gasteiger partial charge on any atom is -0.493 e. The number of hydrogen-bond acceptors (Lipinski definition) is 6. The van der Waals surface area contributed by atoms with E-state index >= 15 is 0 Å². The minimum absolute atomic E-state index is 0.110. The van der Waals surface area contributed by atoms with Crippen molar-refractivity contribution in [3.8, 4) is 17.2 Å². The monoisotopic (exact) mass is 498 g/mol. The molecule has 9 heteroatoms. The van der Waals surface area contributed by atoms with Gasteiger partial charge in [0.2, 0.25) is 10.0 Å². The van der Waals surface area contributed by atoms with Crippen LogP contribution in [0.2, 0.25) is 0 Å². The summed E-state index contributed by atoms with van der Waals surface area (Å²) in [6.07, 6.45) is 1.28. The predicted molar refractivity (Wildman–Crippen MR) is 135 cm³/mol. The van der Waals surface area contributed by atoms with Crippen LogP contribution >= 0.6 is 0 Å². The first-order valence-electron chi connectivity index (χ1n) is 11.2. The van der Waals surface area contributed by atoms with Crippen molar-refractivity contribution in [2.75, 3.05) is 32.7 Å². The van der Waals surface area contributed by atoms with Crippen molar-refractivity contribution in [2.24, 2.45) is 0 Å². The normalized spacial score (nSPS) is 11.1. The number of rotatable bonds is 12. The SMILES string of the molecule is CCc1ccccc1NC(=O)COc1ccc(S(=O)(=O)NCCc2ccc(OC)c(OC)c2)cc1. The first-order valence-corrected chi connectivity index (χ1v) is 12.7. The van der Waals surface area contributed by atoms with E-state index in [1.807, 2.05) is 43.3 Å². The fourth-order valence-corrected chi connectivity index (χ4v) is 4.48. The maximum absolute atomic E-state index is 12.6. The second kappa shape index (κ2) is 12.2. The molecular formula is C26H30N2O6S. The van der Waals surface area contributed by atoms with Crippen molar-refractivity contribution in [3.63, 3.8) is 0 Å². The smallest absolute Gasteiger partial charge is 0.262 e. The first kappa shape index (κ1) is 26.1. The van der Waals surface area contributed by atoms with Crippen LogP contribution in [0.25, 0.3) is 0 Å². The maximum atomic E-state index is 12.6. The lowest BCUT2D eigenvalue weighted by Crippen LogP contribution is -2.26. The second-order valence-corrected chi connectivity index (χ2v) is 9.42. The van der Waals surface area contributed by atoms with Gasteiger partial charge in [0.1, 0.15) is 5.75 Å². The van der Waals surface area contributed by atoms with Gasteiger partial charge in [-0.1, -0.05) is 31.2 Å². The first-order chi connectivity index (χ1) is 16.9. The highest BCUT2D eigenvalue weighted by atomic mass is 32.2. The van der Waals surface area contributed by atoms with Crippen molar-refractivity contribution in [1.82, 2.24) is 4.72 Å². The highest BCUT2D eigenvalue weighted by molar-refractivity contribution is 7.89. The molecule has 0 aliphatic heterocycles. The molecule has 0 radical (unpaired) electrons. The Kier molecular flexibility index (Phi) is 9.11. The van der Waals surface area contributed by atoms with Gasteiger partial charge in [-0.2, -0.15) is 0 Å². The van der Waals surface area contributed by atoms with E-state index in [1.165, 1.54) is 24.3 Å². The third kappa shape index (κ3) is 7.21. The molecule has 0 saturated heterocycles. The number of carbonyl (C=O) groups excluding carboxylic acids is 1. The summed E-state index contributed by atoms with van der Waals surface area (Å²) in [5.41, 5.74) is 2.70. The van der Waals surface area contributed by atoms with Crippen LogP contribution in [0.4, 0.5) is 5.69 Å². The van der Waals surface area contributed by atoms with E-state index in [2.05, 4.69) is 10.0 Å². The van der Waals surface area contributed by atoms with Gasteiger partial charge in [0, 0.05) is 12.2 Å². The molecule has 0 spiro atoms. The summed E-state index contributed by atoms with van der Waals surface area (Å²) in [7, 11) is -0.586. The molecule has 0 unspecified atom stereocenters. The van der Waals surface area contributed by atoms with Gasteiger partial charge in [0.25, 0.3) is 5.91 Å². The fourth-order valence-electron chi connectivity index (χ4n) is 3.45. The van der Waals surface area contributed by atoms with Crippen molar-refractivity contribution < 1.29 is 27.4 Å². The van der Waals surface area contributed by atoms with E-state index in [-0.39, 0.29) is 24.0 Å². The van der Waals surface area contributed by atoms with Crippen LogP contribution in [0.15, 0.2) is 71.6 Å². The number of aryl methyl sites for hydroxylation is 1. The van der Waals surface area contributed by atoms with Crippen LogP contribution in [0, 0.1) is 0 Å². The standard InChI is InChI=1S/C26H30N2O6S/c1-4-20-7-5-6-8-23(20)28-26(29)18-34-21-10-12-22(13-11-21)35(30,31)27-16-15-19-9-14-24(32-2)25(17-19)33-3/h5-14,17,27H,4,15-16,18H2,1-3H3,(H,28,29). The van der Waals surface area contributed by atoms with Crippen molar-refractivity contribution in [1.29, 1.82) is 0 Å².